The number of hydrogen-bond acceptors (Lipinski definition) is 6. The number of aliphatic carboxylic acids is 1. The first-order valence-corrected chi connectivity index (χ1v) is 15.5. The Hall–Kier alpha value is -4.57. The monoisotopic (exact) mass is 614 g/mol. The molecule has 0 spiro atoms. The third-order valence-corrected chi connectivity index (χ3v) is 8.64. The molecule has 0 bridgehead atoms. The summed E-state index contributed by atoms with van der Waals surface area (Å²) in [6.45, 7) is 4.78. The molecule has 1 unspecified atom stereocenters. The molecule has 3 N–H and O–H groups in total. The van der Waals surface area contributed by atoms with Crippen LogP contribution in [0.1, 0.15) is 36.8 Å². The first-order chi connectivity index (χ1) is 21.8. The first-order valence-electron chi connectivity index (χ1n) is 15.5. The lowest BCUT2D eigenvalue weighted by atomic mass is 9.93. The molecule has 5 rings (SSSR count). The number of nitrogens with one attached hydrogen (secondary N) is 2. The Balaban J connectivity index is 1.24. The highest BCUT2D eigenvalue weighted by atomic mass is 16.5. The van der Waals surface area contributed by atoms with Crippen LogP contribution in [0.5, 0.6) is 11.5 Å². The summed E-state index contributed by atoms with van der Waals surface area (Å²) in [4.78, 5) is 41.9. The van der Waals surface area contributed by atoms with Crippen molar-refractivity contribution in [1.29, 1.82) is 0 Å². The number of aryl methyl sites for hydroxylation is 1. The Labute approximate surface area is 264 Å². The standard InChI is InChI=1S/C35H42N4O6/c1-24-8-6-7-11-30(24)36-35(43)37-31-13-12-26(18-32(31)44-2)19-33(40)39-23-29(45-28-9-4-3-5-10-28)21-27(39)22-38-16-14-25(15-17-38)20-34(41)42/h3-13,18,25,27,29H,14-17,19-23H2,1-2H3,(H,41,42)(H2,36,37,43)/t27?,29-/m0/s1. The van der Waals surface area contributed by atoms with Crippen molar-refractivity contribution in [3.05, 3.63) is 83.9 Å². The quantitative estimate of drug-likeness (QED) is 0.264. The number of likely N-dealkylation sites (tertiary alicyclic amines) is 2. The van der Waals surface area contributed by atoms with Gasteiger partial charge in [0.25, 0.3) is 0 Å². The zero-order valence-electron chi connectivity index (χ0n) is 25.9. The summed E-state index contributed by atoms with van der Waals surface area (Å²) in [5, 5.41) is 14.9. The summed E-state index contributed by atoms with van der Waals surface area (Å²) in [7, 11) is 1.53. The largest absolute Gasteiger partial charge is 0.495 e. The number of carbonyl (C=O) groups excluding carboxylic acids is 2. The highest BCUT2D eigenvalue weighted by Crippen LogP contribution is 2.29. The molecule has 3 aromatic rings. The Morgan fingerprint density at radius 3 is 2.36 bits per heavy atom. The molecule has 2 fully saturated rings. The molecule has 45 heavy (non-hydrogen) atoms. The molecule has 0 saturated carbocycles. The number of piperidine rings is 1. The molecule has 3 amide bonds. The van der Waals surface area contributed by atoms with Gasteiger partial charge in [-0.15, -0.1) is 0 Å². The molecule has 238 valence electrons. The molecule has 2 aliphatic rings. The zero-order chi connectivity index (χ0) is 31.8. The van der Waals surface area contributed by atoms with Crippen molar-refractivity contribution in [2.24, 2.45) is 5.92 Å². The number of urea groups is 1. The van der Waals surface area contributed by atoms with Crippen molar-refractivity contribution >= 4 is 29.3 Å². The molecule has 2 heterocycles. The number of hydrogen-bond donors (Lipinski definition) is 3. The van der Waals surface area contributed by atoms with E-state index in [1.165, 1.54) is 7.11 Å². The Morgan fingerprint density at radius 1 is 0.933 bits per heavy atom. The average Bonchev–Trinajstić information content (AvgIpc) is 3.42. The number of methoxy groups -OCH3 is 1. The number of para-hydroxylation sites is 2. The number of anilines is 2. The highest BCUT2D eigenvalue weighted by molar-refractivity contribution is 6.01. The van der Waals surface area contributed by atoms with E-state index < -0.39 is 5.97 Å². The fraction of sp³-hybridized carbons (Fsp3) is 0.400. The second kappa shape index (κ2) is 14.9. The van der Waals surface area contributed by atoms with E-state index in [2.05, 4.69) is 15.5 Å². The molecule has 2 saturated heterocycles. The molecule has 0 radical (unpaired) electrons. The first kappa shape index (κ1) is 31.8. The molecule has 2 atom stereocenters. The molecule has 2 aliphatic heterocycles. The van der Waals surface area contributed by atoms with Crippen LogP contribution in [0.2, 0.25) is 0 Å². The predicted octanol–water partition coefficient (Wildman–Crippen LogP) is 5.43. The molecule has 3 aromatic carbocycles. The second-order valence-corrected chi connectivity index (χ2v) is 11.9. The highest BCUT2D eigenvalue weighted by Gasteiger charge is 2.38. The van der Waals surface area contributed by atoms with E-state index in [0.29, 0.717) is 18.0 Å². The van der Waals surface area contributed by atoms with Crippen LogP contribution in [0.4, 0.5) is 16.2 Å². The van der Waals surface area contributed by atoms with Crippen molar-refractivity contribution in [3.63, 3.8) is 0 Å². The summed E-state index contributed by atoms with van der Waals surface area (Å²) >= 11 is 0. The van der Waals surface area contributed by atoms with Crippen molar-refractivity contribution in [2.45, 2.75) is 51.2 Å². The van der Waals surface area contributed by atoms with Gasteiger partial charge in [-0.2, -0.15) is 0 Å². The third-order valence-electron chi connectivity index (χ3n) is 8.64. The third kappa shape index (κ3) is 8.76. The van der Waals surface area contributed by atoms with Crippen LogP contribution < -0.4 is 20.1 Å². The maximum absolute atomic E-state index is 13.8. The lowest BCUT2D eigenvalue weighted by molar-refractivity contribution is -0.138. The number of amides is 3. The second-order valence-electron chi connectivity index (χ2n) is 11.9. The van der Waals surface area contributed by atoms with Gasteiger partial charge in [0.05, 0.1) is 25.8 Å². The SMILES string of the molecule is COc1cc(CC(=O)N2C[C@@H](Oc3ccccc3)CC2CN2CCC(CC(=O)O)CC2)ccc1NC(=O)Nc1ccccc1C. The normalized spacial score (nSPS) is 18.8. The van der Waals surface area contributed by atoms with Gasteiger partial charge in [-0.25, -0.2) is 4.79 Å². The fourth-order valence-corrected chi connectivity index (χ4v) is 6.26. The average molecular weight is 615 g/mol. The summed E-state index contributed by atoms with van der Waals surface area (Å²) in [5.74, 6) is 0.708. The van der Waals surface area contributed by atoms with Gasteiger partial charge in [0.1, 0.15) is 17.6 Å². The van der Waals surface area contributed by atoms with Gasteiger partial charge in [0, 0.05) is 31.1 Å². The fourth-order valence-electron chi connectivity index (χ4n) is 6.26. The number of carboxylic acids is 1. The number of nitrogens with zero attached hydrogens (tertiary/aromatic N) is 2. The van der Waals surface area contributed by atoms with E-state index in [1.807, 2.05) is 72.5 Å². The van der Waals surface area contributed by atoms with Crippen LogP contribution in [0.25, 0.3) is 0 Å². The van der Waals surface area contributed by atoms with E-state index in [-0.39, 0.29) is 42.8 Å². The van der Waals surface area contributed by atoms with Crippen LogP contribution >= 0.6 is 0 Å². The van der Waals surface area contributed by atoms with Gasteiger partial charge >= 0.3 is 12.0 Å². The van der Waals surface area contributed by atoms with E-state index in [0.717, 1.165) is 61.5 Å². The number of ether oxygens (including phenoxy) is 2. The lowest BCUT2D eigenvalue weighted by Crippen LogP contribution is -2.46. The lowest BCUT2D eigenvalue weighted by Gasteiger charge is -2.35. The van der Waals surface area contributed by atoms with E-state index in [1.54, 1.807) is 12.1 Å². The number of carbonyl (C=O) groups is 3. The minimum Gasteiger partial charge on any atom is -0.495 e. The minimum atomic E-state index is -0.743. The molecule has 0 aliphatic carbocycles. The van der Waals surface area contributed by atoms with Crippen molar-refractivity contribution < 1.29 is 29.0 Å². The van der Waals surface area contributed by atoms with Crippen molar-refractivity contribution in [3.8, 4) is 11.5 Å². The number of rotatable bonds is 11. The van der Waals surface area contributed by atoms with Crippen LogP contribution in [0.3, 0.4) is 0 Å². The molecular weight excluding hydrogens is 572 g/mol. The topological polar surface area (TPSA) is 120 Å². The Kier molecular flexibility index (Phi) is 10.6. The van der Waals surface area contributed by atoms with Crippen LogP contribution in [0, 0.1) is 12.8 Å². The summed E-state index contributed by atoms with van der Waals surface area (Å²) in [6, 6.07) is 22.2. The minimum absolute atomic E-state index is 0.0000158. The maximum Gasteiger partial charge on any atom is 0.323 e. The van der Waals surface area contributed by atoms with E-state index >= 15 is 0 Å². The van der Waals surface area contributed by atoms with Crippen LogP contribution in [-0.2, 0) is 16.0 Å². The predicted molar refractivity (Wildman–Crippen MR) is 173 cm³/mol. The Bertz CT molecular complexity index is 1470. The summed E-state index contributed by atoms with van der Waals surface area (Å²) in [6.07, 6.45) is 2.68. The van der Waals surface area contributed by atoms with Gasteiger partial charge in [0.15, 0.2) is 0 Å². The summed E-state index contributed by atoms with van der Waals surface area (Å²) < 4.78 is 11.9. The van der Waals surface area contributed by atoms with Gasteiger partial charge in [-0.05, 0) is 80.2 Å². The van der Waals surface area contributed by atoms with Crippen molar-refractivity contribution in [2.75, 3.05) is 43.9 Å². The zero-order valence-corrected chi connectivity index (χ0v) is 25.9. The van der Waals surface area contributed by atoms with Gasteiger partial charge < -0.3 is 35.0 Å². The Morgan fingerprint density at radius 2 is 1.64 bits per heavy atom. The number of carboxylic acid groups (broad SMARTS) is 1. The van der Waals surface area contributed by atoms with Crippen LogP contribution in [-0.4, -0.2) is 78.2 Å². The van der Waals surface area contributed by atoms with Gasteiger partial charge in [-0.1, -0.05) is 42.5 Å². The maximum atomic E-state index is 13.8. The van der Waals surface area contributed by atoms with Crippen molar-refractivity contribution in [1.82, 2.24) is 9.80 Å². The summed E-state index contributed by atoms with van der Waals surface area (Å²) in [5.41, 5.74) is 2.95. The molecule has 10 heteroatoms. The van der Waals surface area contributed by atoms with E-state index in [9.17, 15) is 19.5 Å². The smallest absolute Gasteiger partial charge is 0.323 e. The molecule has 10 nitrogen and oxygen atoms in total. The molecular formula is C35H42N4O6. The van der Waals surface area contributed by atoms with E-state index in [4.69, 9.17) is 9.47 Å². The molecule has 0 aromatic heterocycles. The van der Waals surface area contributed by atoms with Gasteiger partial charge in [-0.3, -0.25) is 9.59 Å². The van der Waals surface area contributed by atoms with Gasteiger partial charge in [0.2, 0.25) is 5.91 Å². The number of benzene rings is 3. The van der Waals surface area contributed by atoms with Crippen LogP contribution in [0.15, 0.2) is 72.8 Å².